The van der Waals surface area contributed by atoms with Gasteiger partial charge in [0.1, 0.15) is 0 Å². The summed E-state index contributed by atoms with van der Waals surface area (Å²) >= 11 is 6.38. The van der Waals surface area contributed by atoms with E-state index >= 15 is 0 Å². The zero-order valence-electron chi connectivity index (χ0n) is 7.23. The quantitative estimate of drug-likeness (QED) is 0.460. The van der Waals surface area contributed by atoms with E-state index in [1.54, 1.807) is 6.21 Å². The molecule has 0 bridgehead atoms. The maximum Gasteiger partial charge on any atom is 0.153 e. The third kappa shape index (κ3) is 4.05. The van der Waals surface area contributed by atoms with Crippen molar-refractivity contribution < 1.29 is 0 Å². The van der Waals surface area contributed by atoms with Crippen molar-refractivity contribution in [1.82, 2.24) is 5.43 Å². The van der Waals surface area contributed by atoms with Crippen LogP contribution in [0.3, 0.4) is 0 Å². The lowest BCUT2D eigenvalue weighted by Gasteiger charge is -1.96. The monoisotopic (exact) mass is 210 g/mol. The van der Waals surface area contributed by atoms with Crippen LogP contribution < -0.4 is 5.43 Å². The molecule has 4 heteroatoms. The second-order valence-electron chi connectivity index (χ2n) is 2.27. The van der Waals surface area contributed by atoms with Gasteiger partial charge >= 0.3 is 0 Å². The summed E-state index contributed by atoms with van der Waals surface area (Å²) in [6.07, 6.45) is 3.65. The molecule has 0 aliphatic heterocycles. The van der Waals surface area contributed by atoms with Crippen LogP contribution in [0, 0.1) is 0 Å². The van der Waals surface area contributed by atoms with Crippen LogP contribution in [-0.4, -0.2) is 16.8 Å². The molecule has 0 aliphatic rings. The lowest BCUT2D eigenvalue weighted by atomic mass is 10.2. The van der Waals surface area contributed by atoms with Crippen LogP contribution in [0.1, 0.15) is 5.56 Å². The molecule has 0 heterocycles. The predicted octanol–water partition coefficient (Wildman–Crippen LogP) is 2.26. The summed E-state index contributed by atoms with van der Waals surface area (Å²) in [5, 5.41) is 3.98. The molecule has 0 atom stereocenters. The largest absolute Gasteiger partial charge is 0.262 e. The highest BCUT2D eigenvalue weighted by molar-refractivity contribution is 8.22. The SMILES string of the molecule is CSC(=S)N/N=C\c1ccccc1. The van der Waals surface area contributed by atoms with Crippen molar-refractivity contribution in [3.63, 3.8) is 0 Å². The molecule has 0 fully saturated rings. The van der Waals surface area contributed by atoms with Crippen LogP contribution >= 0.6 is 24.0 Å². The van der Waals surface area contributed by atoms with Gasteiger partial charge in [-0.2, -0.15) is 5.10 Å². The zero-order chi connectivity index (χ0) is 9.52. The second kappa shape index (κ2) is 5.72. The molecule has 0 saturated heterocycles. The fraction of sp³-hybridized carbons (Fsp3) is 0.111. The molecule has 1 rings (SSSR count). The summed E-state index contributed by atoms with van der Waals surface area (Å²) < 4.78 is 0.673. The number of rotatable bonds is 2. The van der Waals surface area contributed by atoms with Gasteiger partial charge in [0.05, 0.1) is 6.21 Å². The highest BCUT2D eigenvalue weighted by atomic mass is 32.2. The van der Waals surface area contributed by atoms with Crippen molar-refractivity contribution >= 4 is 34.5 Å². The highest BCUT2D eigenvalue weighted by Gasteiger charge is 1.87. The topological polar surface area (TPSA) is 24.4 Å². The number of benzene rings is 1. The van der Waals surface area contributed by atoms with Crippen molar-refractivity contribution in [3.05, 3.63) is 35.9 Å². The Morgan fingerprint density at radius 2 is 2.15 bits per heavy atom. The summed E-state index contributed by atoms with van der Waals surface area (Å²) in [5.74, 6) is 0. The Hall–Kier alpha value is -0.870. The van der Waals surface area contributed by atoms with Crippen molar-refractivity contribution in [2.24, 2.45) is 5.10 Å². The highest BCUT2D eigenvalue weighted by Crippen LogP contribution is 1.95. The van der Waals surface area contributed by atoms with Crippen molar-refractivity contribution in [2.45, 2.75) is 0 Å². The molecule has 2 nitrogen and oxygen atoms in total. The fourth-order valence-corrected chi connectivity index (χ4v) is 0.941. The van der Waals surface area contributed by atoms with E-state index in [9.17, 15) is 0 Å². The normalized spacial score (nSPS) is 10.2. The molecule has 13 heavy (non-hydrogen) atoms. The first-order valence-corrected chi connectivity index (χ1v) is 5.38. The van der Waals surface area contributed by atoms with Crippen LogP contribution in [0.25, 0.3) is 0 Å². The van der Waals surface area contributed by atoms with Gasteiger partial charge in [-0.25, -0.2) is 0 Å². The van der Waals surface area contributed by atoms with Gasteiger partial charge in [0, 0.05) is 0 Å². The Morgan fingerprint density at radius 1 is 1.46 bits per heavy atom. The molecule has 0 unspecified atom stereocenters. The van der Waals surface area contributed by atoms with Gasteiger partial charge in [0.15, 0.2) is 4.32 Å². The van der Waals surface area contributed by atoms with E-state index in [4.69, 9.17) is 12.2 Å². The summed E-state index contributed by atoms with van der Waals surface area (Å²) in [4.78, 5) is 0. The van der Waals surface area contributed by atoms with Crippen molar-refractivity contribution in [3.8, 4) is 0 Å². The van der Waals surface area contributed by atoms with Crippen LogP contribution in [0.15, 0.2) is 35.4 Å². The summed E-state index contributed by atoms with van der Waals surface area (Å²) in [6, 6.07) is 9.86. The smallest absolute Gasteiger partial charge is 0.153 e. The molecule has 1 aromatic rings. The first-order valence-electron chi connectivity index (χ1n) is 3.75. The molecule has 1 N–H and O–H groups in total. The van der Waals surface area contributed by atoms with E-state index < -0.39 is 0 Å². The van der Waals surface area contributed by atoms with E-state index in [2.05, 4.69) is 10.5 Å². The van der Waals surface area contributed by atoms with Crippen LogP contribution in [-0.2, 0) is 0 Å². The number of hydrogen-bond donors (Lipinski definition) is 1. The average Bonchev–Trinajstić information content (AvgIpc) is 2.19. The molecule has 0 amide bonds. The molecule has 68 valence electrons. The standard InChI is InChI=1S/C9H10N2S2/c1-13-9(12)11-10-7-8-5-3-2-4-6-8/h2-7H,1H3,(H,11,12)/b10-7-. The molecule has 0 saturated carbocycles. The lowest BCUT2D eigenvalue weighted by Crippen LogP contribution is -2.09. The van der Waals surface area contributed by atoms with E-state index in [-0.39, 0.29) is 0 Å². The van der Waals surface area contributed by atoms with Gasteiger partial charge in [0.2, 0.25) is 0 Å². The summed E-state index contributed by atoms with van der Waals surface area (Å²) in [7, 11) is 0. The van der Waals surface area contributed by atoms with Gasteiger partial charge in [-0.1, -0.05) is 54.3 Å². The fourth-order valence-electron chi connectivity index (χ4n) is 0.744. The van der Waals surface area contributed by atoms with Crippen molar-refractivity contribution in [1.29, 1.82) is 0 Å². The van der Waals surface area contributed by atoms with E-state index in [1.165, 1.54) is 11.8 Å². The first kappa shape index (κ1) is 10.2. The Labute approximate surface area is 87.4 Å². The van der Waals surface area contributed by atoms with Crippen molar-refractivity contribution in [2.75, 3.05) is 6.26 Å². The number of thioether (sulfide) groups is 1. The van der Waals surface area contributed by atoms with Gasteiger partial charge in [-0.15, -0.1) is 0 Å². The van der Waals surface area contributed by atoms with E-state index in [0.717, 1.165) is 5.56 Å². The predicted molar refractivity (Wildman–Crippen MR) is 63.3 cm³/mol. The van der Waals surface area contributed by atoms with Crippen LogP contribution in [0.5, 0.6) is 0 Å². The molecular formula is C9H10N2S2. The van der Waals surface area contributed by atoms with Gasteiger partial charge in [-0.05, 0) is 11.8 Å². The summed E-state index contributed by atoms with van der Waals surface area (Å²) in [5.41, 5.74) is 3.80. The molecule has 1 aromatic carbocycles. The minimum absolute atomic E-state index is 0.673. The number of hydrogen-bond acceptors (Lipinski definition) is 3. The Morgan fingerprint density at radius 3 is 2.77 bits per heavy atom. The van der Waals surface area contributed by atoms with E-state index in [1.807, 2.05) is 36.6 Å². The summed E-state index contributed by atoms with van der Waals surface area (Å²) in [6.45, 7) is 0. The lowest BCUT2D eigenvalue weighted by molar-refractivity contribution is 1.07. The number of hydrazone groups is 1. The maximum atomic E-state index is 4.91. The number of thiocarbonyl (C=S) groups is 1. The molecular weight excluding hydrogens is 200 g/mol. The molecule has 0 aliphatic carbocycles. The molecule has 0 aromatic heterocycles. The Kier molecular flexibility index (Phi) is 4.49. The Bertz CT molecular complexity index is 296. The molecule has 0 radical (unpaired) electrons. The van der Waals surface area contributed by atoms with Gasteiger partial charge in [0.25, 0.3) is 0 Å². The molecule has 0 spiro atoms. The van der Waals surface area contributed by atoms with E-state index in [0.29, 0.717) is 4.32 Å². The number of nitrogens with one attached hydrogen (secondary N) is 1. The maximum absolute atomic E-state index is 4.91. The Balaban J connectivity index is 2.45. The number of nitrogens with zero attached hydrogens (tertiary/aromatic N) is 1. The van der Waals surface area contributed by atoms with Crippen LogP contribution in [0.4, 0.5) is 0 Å². The third-order valence-electron chi connectivity index (χ3n) is 1.35. The van der Waals surface area contributed by atoms with Gasteiger partial charge in [-0.3, -0.25) is 5.43 Å². The minimum atomic E-state index is 0.673. The van der Waals surface area contributed by atoms with Crippen LogP contribution in [0.2, 0.25) is 0 Å². The second-order valence-corrected chi connectivity index (χ2v) is 3.76. The first-order chi connectivity index (χ1) is 6.33. The average molecular weight is 210 g/mol. The van der Waals surface area contributed by atoms with Gasteiger partial charge < -0.3 is 0 Å². The minimum Gasteiger partial charge on any atom is -0.262 e. The third-order valence-corrected chi connectivity index (χ3v) is 2.41. The zero-order valence-corrected chi connectivity index (χ0v) is 8.86.